The number of nitrogens with zero attached hydrogens (tertiary/aromatic N) is 1. The molecule has 0 bridgehead atoms. The van der Waals surface area contributed by atoms with Gasteiger partial charge in [-0.3, -0.25) is 4.98 Å². The second-order valence-electron chi connectivity index (χ2n) is 5.48. The SMILES string of the molecule is CC1CCC(C(O)CCc2ccncc2)CC1. The van der Waals surface area contributed by atoms with Gasteiger partial charge in [-0.25, -0.2) is 0 Å². The lowest BCUT2D eigenvalue weighted by atomic mass is 9.79. The van der Waals surface area contributed by atoms with E-state index >= 15 is 0 Å². The maximum atomic E-state index is 10.2. The van der Waals surface area contributed by atoms with Crippen LogP contribution in [0.1, 0.15) is 44.6 Å². The van der Waals surface area contributed by atoms with Crippen molar-refractivity contribution in [1.29, 1.82) is 0 Å². The molecule has 94 valence electrons. The third-order valence-corrected chi connectivity index (χ3v) is 4.08. The van der Waals surface area contributed by atoms with Crippen molar-refractivity contribution in [2.24, 2.45) is 11.8 Å². The number of aliphatic hydroxyl groups excluding tert-OH is 1. The Morgan fingerprint density at radius 2 is 1.88 bits per heavy atom. The van der Waals surface area contributed by atoms with Crippen LogP contribution in [0.15, 0.2) is 24.5 Å². The molecular weight excluding hydrogens is 210 g/mol. The fourth-order valence-electron chi connectivity index (χ4n) is 2.77. The first-order valence-electron chi connectivity index (χ1n) is 6.82. The maximum absolute atomic E-state index is 10.2. The molecule has 1 aliphatic rings. The van der Waals surface area contributed by atoms with Crippen molar-refractivity contribution in [3.63, 3.8) is 0 Å². The van der Waals surface area contributed by atoms with E-state index in [1.54, 1.807) is 0 Å². The summed E-state index contributed by atoms with van der Waals surface area (Å²) in [5.74, 6) is 1.40. The topological polar surface area (TPSA) is 33.1 Å². The molecule has 1 fully saturated rings. The predicted molar refractivity (Wildman–Crippen MR) is 69.7 cm³/mol. The number of aromatic nitrogens is 1. The Balaban J connectivity index is 1.75. The molecule has 0 amide bonds. The molecule has 1 unspecified atom stereocenters. The summed E-state index contributed by atoms with van der Waals surface area (Å²) >= 11 is 0. The van der Waals surface area contributed by atoms with Gasteiger partial charge in [0, 0.05) is 12.4 Å². The average Bonchev–Trinajstić information content (AvgIpc) is 2.38. The highest BCUT2D eigenvalue weighted by molar-refractivity contribution is 5.09. The monoisotopic (exact) mass is 233 g/mol. The highest BCUT2D eigenvalue weighted by Crippen LogP contribution is 2.31. The Morgan fingerprint density at radius 3 is 2.53 bits per heavy atom. The molecule has 2 rings (SSSR count). The molecule has 17 heavy (non-hydrogen) atoms. The first kappa shape index (κ1) is 12.6. The van der Waals surface area contributed by atoms with Gasteiger partial charge < -0.3 is 5.11 Å². The van der Waals surface area contributed by atoms with Crippen molar-refractivity contribution in [1.82, 2.24) is 4.98 Å². The van der Waals surface area contributed by atoms with E-state index in [-0.39, 0.29) is 6.10 Å². The Morgan fingerprint density at radius 1 is 1.24 bits per heavy atom. The standard InChI is InChI=1S/C15H23NO/c1-12-2-5-14(6-3-12)15(17)7-4-13-8-10-16-11-9-13/h8-12,14-15,17H,2-7H2,1H3. The minimum atomic E-state index is -0.115. The molecule has 1 N–H and O–H groups in total. The predicted octanol–water partition coefficient (Wildman–Crippen LogP) is 3.20. The van der Waals surface area contributed by atoms with Gasteiger partial charge in [-0.05, 0) is 55.2 Å². The van der Waals surface area contributed by atoms with E-state index in [0.29, 0.717) is 5.92 Å². The Labute approximate surface area is 104 Å². The van der Waals surface area contributed by atoms with E-state index in [9.17, 15) is 5.11 Å². The smallest absolute Gasteiger partial charge is 0.0571 e. The summed E-state index contributed by atoms with van der Waals surface area (Å²) in [6.07, 6.45) is 10.4. The molecule has 1 atom stereocenters. The first-order chi connectivity index (χ1) is 8.25. The van der Waals surface area contributed by atoms with Crippen LogP contribution < -0.4 is 0 Å². The largest absolute Gasteiger partial charge is 0.393 e. The Bertz CT molecular complexity index is 317. The highest BCUT2D eigenvalue weighted by Gasteiger charge is 2.24. The van der Waals surface area contributed by atoms with Gasteiger partial charge in [0.25, 0.3) is 0 Å². The van der Waals surface area contributed by atoms with Gasteiger partial charge >= 0.3 is 0 Å². The lowest BCUT2D eigenvalue weighted by molar-refractivity contribution is 0.0690. The van der Waals surface area contributed by atoms with Crippen LogP contribution in [0.3, 0.4) is 0 Å². The quantitative estimate of drug-likeness (QED) is 0.866. The van der Waals surface area contributed by atoms with Crippen molar-refractivity contribution >= 4 is 0 Å². The van der Waals surface area contributed by atoms with E-state index in [2.05, 4.69) is 11.9 Å². The number of hydrogen-bond donors (Lipinski definition) is 1. The van der Waals surface area contributed by atoms with Crippen molar-refractivity contribution in [3.05, 3.63) is 30.1 Å². The molecule has 1 aromatic heterocycles. The minimum absolute atomic E-state index is 0.115. The molecule has 2 heteroatoms. The van der Waals surface area contributed by atoms with E-state index in [1.165, 1.54) is 31.2 Å². The zero-order valence-electron chi connectivity index (χ0n) is 10.7. The zero-order chi connectivity index (χ0) is 12.1. The van der Waals surface area contributed by atoms with Crippen LogP contribution in [0.25, 0.3) is 0 Å². The molecule has 1 aromatic rings. The van der Waals surface area contributed by atoms with Gasteiger partial charge in [-0.1, -0.05) is 19.8 Å². The Hall–Kier alpha value is -0.890. The molecule has 1 aliphatic carbocycles. The van der Waals surface area contributed by atoms with Crippen LogP contribution in [-0.2, 0) is 6.42 Å². The molecule has 0 spiro atoms. The van der Waals surface area contributed by atoms with Gasteiger partial charge in [0.15, 0.2) is 0 Å². The van der Waals surface area contributed by atoms with Crippen LogP contribution in [0.4, 0.5) is 0 Å². The Kier molecular flexibility index (Phi) is 4.55. The lowest BCUT2D eigenvalue weighted by Gasteiger charge is -2.29. The molecule has 0 radical (unpaired) electrons. The maximum Gasteiger partial charge on any atom is 0.0571 e. The average molecular weight is 233 g/mol. The van der Waals surface area contributed by atoms with Gasteiger partial charge in [0.2, 0.25) is 0 Å². The molecule has 1 saturated carbocycles. The second-order valence-corrected chi connectivity index (χ2v) is 5.48. The van der Waals surface area contributed by atoms with Crippen molar-refractivity contribution in [3.8, 4) is 0 Å². The van der Waals surface area contributed by atoms with E-state index in [0.717, 1.165) is 18.8 Å². The normalized spacial score (nSPS) is 26.7. The number of aryl methyl sites for hydroxylation is 1. The van der Waals surface area contributed by atoms with Crippen LogP contribution in [-0.4, -0.2) is 16.2 Å². The van der Waals surface area contributed by atoms with Crippen LogP contribution in [0.2, 0.25) is 0 Å². The third kappa shape index (κ3) is 3.81. The minimum Gasteiger partial charge on any atom is -0.393 e. The molecule has 0 aliphatic heterocycles. The zero-order valence-corrected chi connectivity index (χ0v) is 10.7. The summed E-state index contributed by atoms with van der Waals surface area (Å²) in [6.45, 7) is 2.32. The van der Waals surface area contributed by atoms with Crippen LogP contribution in [0, 0.1) is 11.8 Å². The number of aliphatic hydroxyl groups is 1. The summed E-state index contributed by atoms with van der Waals surface area (Å²) in [4.78, 5) is 4.01. The number of pyridine rings is 1. The van der Waals surface area contributed by atoms with Gasteiger partial charge in [0.05, 0.1) is 6.10 Å². The summed E-state index contributed by atoms with van der Waals surface area (Å²) in [5.41, 5.74) is 1.28. The van der Waals surface area contributed by atoms with E-state index in [1.807, 2.05) is 24.5 Å². The summed E-state index contributed by atoms with van der Waals surface area (Å²) in [7, 11) is 0. The molecule has 0 saturated heterocycles. The van der Waals surface area contributed by atoms with Crippen molar-refractivity contribution in [2.45, 2.75) is 51.6 Å². The second kappa shape index (κ2) is 6.15. The van der Waals surface area contributed by atoms with Crippen molar-refractivity contribution in [2.75, 3.05) is 0 Å². The molecule has 0 aromatic carbocycles. The molecular formula is C15H23NO. The van der Waals surface area contributed by atoms with Gasteiger partial charge in [-0.15, -0.1) is 0 Å². The lowest BCUT2D eigenvalue weighted by Crippen LogP contribution is -2.25. The van der Waals surface area contributed by atoms with E-state index < -0.39 is 0 Å². The summed E-state index contributed by atoms with van der Waals surface area (Å²) in [6, 6.07) is 4.07. The van der Waals surface area contributed by atoms with Crippen LogP contribution in [0.5, 0.6) is 0 Å². The van der Waals surface area contributed by atoms with Gasteiger partial charge in [-0.2, -0.15) is 0 Å². The molecule has 1 heterocycles. The molecule has 2 nitrogen and oxygen atoms in total. The number of hydrogen-bond acceptors (Lipinski definition) is 2. The summed E-state index contributed by atoms with van der Waals surface area (Å²) in [5, 5.41) is 10.2. The van der Waals surface area contributed by atoms with Crippen molar-refractivity contribution < 1.29 is 5.11 Å². The van der Waals surface area contributed by atoms with Crippen LogP contribution >= 0.6 is 0 Å². The first-order valence-corrected chi connectivity index (χ1v) is 6.82. The fourth-order valence-corrected chi connectivity index (χ4v) is 2.77. The number of rotatable bonds is 4. The summed E-state index contributed by atoms with van der Waals surface area (Å²) < 4.78 is 0. The third-order valence-electron chi connectivity index (χ3n) is 4.08. The van der Waals surface area contributed by atoms with Gasteiger partial charge in [0.1, 0.15) is 0 Å². The fraction of sp³-hybridized carbons (Fsp3) is 0.667. The highest BCUT2D eigenvalue weighted by atomic mass is 16.3. The van der Waals surface area contributed by atoms with E-state index in [4.69, 9.17) is 0 Å².